The Morgan fingerprint density at radius 2 is 1.68 bits per heavy atom. The summed E-state index contributed by atoms with van der Waals surface area (Å²) in [6.07, 6.45) is -0.653. The van der Waals surface area contributed by atoms with Gasteiger partial charge in [-0.15, -0.1) is 0 Å². The monoisotopic (exact) mass is 297 g/mol. The third kappa shape index (κ3) is 3.08. The summed E-state index contributed by atoms with van der Waals surface area (Å²) < 4.78 is 0. The van der Waals surface area contributed by atoms with Crippen molar-refractivity contribution in [3.05, 3.63) is 59.7 Å². The first-order chi connectivity index (χ1) is 10.6. The van der Waals surface area contributed by atoms with Crippen molar-refractivity contribution >= 4 is 11.4 Å². The summed E-state index contributed by atoms with van der Waals surface area (Å²) in [6.45, 7) is 4.00. The maximum Gasteiger partial charge on any atom is 0.106 e. The van der Waals surface area contributed by atoms with Gasteiger partial charge in [-0.05, 0) is 30.8 Å². The van der Waals surface area contributed by atoms with Crippen LogP contribution in [0.1, 0.15) is 17.2 Å². The minimum Gasteiger partial charge on any atom is -0.399 e. The number of nitrogen functional groups attached to an aromatic ring is 1. The van der Waals surface area contributed by atoms with E-state index in [1.807, 2.05) is 48.5 Å². The van der Waals surface area contributed by atoms with Crippen LogP contribution in [0, 0.1) is 0 Å². The van der Waals surface area contributed by atoms with Gasteiger partial charge in [0.1, 0.15) is 6.10 Å². The van der Waals surface area contributed by atoms with E-state index in [0.717, 1.165) is 43.0 Å². The molecule has 1 saturated heterocycles. The molecule has 1 aliphatic rings. The number of nitrogens with two attached hydrogens (primary N) is 1. The minimum absolute atomic E-state index is 0.653. The Morgan fingerprint density at radius 3 is 2.36 bits per heavy atom. The second-order valence-corrected chi connectivity index (χ2v) is 5.92. The molecule has 0 amide bonds. The highest BCUT2D eigenvalue weighted by atomic mass is 16.3. The molecule has 116 valence electrons. The van der Waals surface area contributed by atoms with Gasteiger partial charge in [0.05, 0.1) is 0 Å². The molecule has 22 heavy (non-hydrogen) atoms. The van der Waals surface area contributed by atoms with Gasteiger partial charge in [-0.1, -0.05) is 30.3 Å². The lowest BCUT2D eigenvalue weighted by molar-refractivity contribution is 0.220. The molecule has 1 fully saturated rings. The smallest absolute Gasteiger partial charge is 0.106 e. The van der Waals surface area contributed by atoms with Gasteiger partial charge in [0, 0.05) is 43.1 Å². The first-order valence-electron chi connectivity index (χ1n) is 7.71. The van der Waals surface area contributed by atoms with Gasteiger partial charge in [0.25, 0.3) is 0 Å². The Balaban J connectivity index is 1.94. The lowest BCUT2D eigenvalue weighted by Crippen LogP contribution is -2.44. The quantitative estimate of drug-likeness (QED) is 0.852. The third-order valence-electron chi connectivity index (χ3n) is 4.31. The predicted octanol–water partition coefficient (Wildman–Crippen LogP) is 2.10. The first-order valence-corrected chi connectivity index (χ1v) is 7.71. The van der Waals surface area contributed by atoms with Gasteiger partial charge in [0.15, 0.2) is 0 Å². The number of anilines is 2. The summed E-state index contributed by atoms with van der Waals surface area (Å²) in [7, 11) is 2.14. The Kier molecular flexibility index (Phi) is 4.32. The number of likely N-dealkylation sites (N-methyl/N-ethyl adjacent to an activating group) is 1. The summed E-state index contributed by atoms with van der Waals surface area (Å²) in [5.74, 6) is 0. The van der Waals surface area contributed by atoms with Gasteiger partial charge in [-0.25, -0.2) is 0 Å². The van der Waals surface area contributed by atoms with Gasteiger partial charge in [-0.3, -0.25) is 0 Å². The second kappa shape index (κ2) is 6.38. The molecular weight excluding hydrogens is 274 g/mol. The molecule has 0 spiro atoms. The molecule has 2 aromatic rings. The molecule has 2 aromatic carbocycles. The van der Waals surface area contributed by atoms with Crippen LogP contribution in [-0.2, 0) is 0 Å². The molecule has 0 unspecified atom stereocenters. The molecule has 1 atom stereocenters. The molecule has 1 heterocycles. The van der Waals surface area contributed by atoms with Crippen LogP contribution in [0.4, 0.5) is 11.4 Å². The van der Waals surface area contributed by atoms with Crippen LogP contribution in [0.25, 0.3) is 0 Å². The highest BCUT2D eigenvalue weighted by molar-refractivity contribution is 5.62. The maximum absolute atomic E-state index is 10.8. The van der Waals surface area contributed by atoms with E-state index < -0.39 is 6.10 Å². The van der Waals surface area contributed by atoms with E-state index >= 15 is 0 Å². The number of rotatable bonds is 3. The Hall–Kier alpha value is -2.04. The highest BCUT2D eigenvalue weighted by Gasteiger charge is 2.21. The van der Waals surface area contributed by atoms with Crippen molar-refractivity contribution in [1.29, 1.82) is 0 Å². The maximum atomic E-state index is 10.8. The zero-order valence-corrected chi connectivity index (χ0v) is 12.9. The normalized spacial score (nSPS) is 17.5. The summed E-state index contributed by atoms with van der Waals surface area (Å²) in [5.41, 5.74) is 9.50. The summed E-state index contributed by atoms with van der Waals surface area (Å²) in [4.78, 5) is 4.65. The van der Waals surface area contributed by atoms with Gasteiger partial charge in [-0.2, -0.15) is 0 Å². The zero-order valence-electron chi connectivity index (χ0n) is 12.9. The molecule has 1 aliphatic heterocycles. The SMILES string of the molecule is CN1CCN(c2ccc(N)cc2[C@@H](O)c2ccccc2)CC1. The van der Waals surface area contributed by atoms with E-state index in [-0.39, 0.29) is 0 Å². The number of piperazine rings is 1. The average Bonchev–Trinajstić information content (AvgIpc) is 2.56. The number of nitrogens with zero attached hydrogens (tertiary/aromatic N) is 2. The van der Waals surface area contributed by atoms with Crippen molar-refractivity contribution in [2.24, 2.45) is 0 Å². The standard InChI is InChI=1S/C18H23N3O/c1-20-9-11-21(12-10-20)17-8-7-15(19)13-16(17)18(22)14-5-3-2-4-6-14/h2-8,13,18,22H,9-12,19H2,1H3/t18-/m0/s1. The van der Waals surface area contributed by atoms with E-state index in [0.29, 0.717) is 5.69 Å². The van der Waals surface area contributed by atoms with Crippen LogP contribution in [0.15, 0.2) is 48.5 Å². The summed E-state index contributed by atoms with van der Waals surface area (Å²) in [5, 5.41) is 10.8. The number of aliphatic hydroxyl groups is 1. The van der Waals surface area contributed by atoms with Crippen molar-refractivity contribution in [3.8, 4) is 0 Å². The van der Waals surface area contributed by atoms with Crippen molar-refractivity contribution in [2.45, 2.75) is 6.10 Å². The molecular formula is C18H23N3O. The molecule has 4 nitrogen and oxygen atoms in total. The second-order valence-electron chi connectivity index (χ2n) is 5.92. The van der Waals surface area contributed by atoms with Crippen LogP contribution in [0.2, 0.25) is 0 Å². The van der Waals surface area contributed by atoms with Gasteiger partial charge in [0.2, 0.25) is 0 Å². The highest BCUT2D eigenvalue weighted by Crippen LogP contribution is 2.32. The van der Waals surface area contributed by atoms with E-state index in [4.69, 9.17) is 5.73 Å². The van der Waals surface area contributed by atoms with E-state index in [1.165, 1.54) is 0 Å². The van der Waals surface area contributed by atoms with E-state index in [1.54, 1.807) is 0 Å². The lowest BCUT2D eigenvalue weighted by Gasteiger charge is -2.36. The van der Waals surface area contributed by atoms with E-state index in [9.17, 15) is 5.11 Å². The molecule has 0 radical (unpaired) electrons. The fraction of sp³-hybridized carbons (Fsp3) is 0.333. The van der Waals surface area contributed by atoms with Gasteiger partial charge < -0.3 is 20.6 Å². The Bertz CT molecular complexity index is 621. The van der Waals surface area contributed by atoms with Crippen molar-refractivity contribution in [3.63, 3.8) is 0 Å². The van der Waals surface area contributed by atoms with E-state index in [2.05, 4.69) is 16.8 Å². The van der Waals surface area contributed by atoms with Crippen LogP contribution in [-0.4, -0.2) is 43.2 Å². The molecule has 3 N–H and O–H groups in total. The summed E-state index contributed by atoms with van der Waals surface area (Å²) in [6, 6.07) is 15.6. The van der Waals surface area contributed by atoms with Crippen LogP contribution >= 0.6 is 0 Å². The fourth-order valence-corrected chi connectivity index (χ4v) is 2.94. The fourth-order valence-electron chi connectivity index (χ4n) is 2.94. The minimum atomic E-state index is -0.653. The molecule has 4 heteroatoms. The summed E-state index contributed by atoms with van der Waals surface area (Å²) >= 11 is 0. The molecule has 3 rings (SSSR count). The first kappa shape index (κ1) is 14.9. The number of aliphatic hydroxyl groups excluding tert-OH is 1. The van der Waals surface area contributed by atoms with Crippen LogP contribution in [0.3, 0.4) is 0 Å². The molecule has 0 aliphatic carbocycles. The van der Waals surface area contributed by atoms with Crippen molar-refractivity contribution in [1.82, 2.24) is 4.90 Å². The van der Waals surface area contributed by atoms with Crippen LogP contribution in [0.5, 0.6) is 0 Å². The topological polar surface area (TPSA) is 52.7 Å². The van der Waals surface area contributed by atoms with Crippen LogP contribution < -0.4 is 10.6 Å². The average molecular weight is 297 g/mol. The van der Waals surface area contributed by atoms with Gasteiger partial charge >= 0.3 is 0 Å². The number of hydrogen-bond donors (Lipinski definition) is 2. The number of benzene rings is 2. The third-order valence-corrected chi connectivity index (χ3v) is 4.31. The predicted molar refractivity (Wildman–Crippen MR) is 91.1 cm³/mol. The zero-order chi connectivity index (χ0) is 15.5. The lowest BCUT2D eigenvalue weighted by atomic mass is 9.98. The number of hydrogen-bond acceptors (Lipinski definition) is 4. The Labute approximate surface area is 131 Å². The van der Waals surface area contributed by atoms with Crippen molar-refractivity contribution < 1.29 is 5.11 Å². The molecule has 0 saturated carbocycles. The Morgan fingerprint density at radius 1 is 1.00 bits per heavy atom. The molecule has 0 aromatic heterocycles. The molecule has 0 bridgehead atoms. The largest absolute Gasteiger partial charge is 0.399 e. The van der Waals surface area contributed by atoms with Crippen molar-refractivity contribution in [2.75, 3.05) is 43.9 Å².